The molecule has 8 nitrogen and oxygen atoms in total. The predicted octanol–water partition coefficient (Wildman–Crippen LogP) is 3.56. The summed E-state index contributed by atoms with van der Waals surface area (Å²) in [6, 6.07) is 20.3. The molecule has 0 fully saturated rings. The Balaban J connectivity index is 2.02. The van der Waals surface area contributed by atoms with E-state index in [9.17, 15) is 24.6 Å². The van der Waals surface area contributed by atoms with Crippen molar-refractivity contribution in [1.82, 2.24) is 0 Å². The van der Waals surface area contributed by atoms with E-state index in [1.165, 1.54) is 11.0 Å². The number of anilines is 2. The molecule has 1 unspecified atom stereocenters. The Morgan fingerprint density at radius 1 is 0.765 bits per heavy atom. The van der Waals surface area contributed by atoms with Crippen LogP contribution >= 0.6 is 0 Å². The van der Waals surface area contributed by atoms with Crippen molar-refractivity contribution in [3.63, 3.8) is 0 Å². The Labute approximate surface area is 196 Å². The van der Waals surface area contributed by atoms with E-state index in [1.54, 1.807) is 42.5 Å². The first kappa shape index (κ1) is 24.5. The third-order valence-electron chi connectivity index (χ3n) is 5.53. The molecule has 34 heavy (non-hydrogen) atoms. The molecule has 0 aliphatic carbocycles. The smallest absolute Gasteiger partial charge is 0.337 e. The van der Waals surface area contributed by atoms with Crippen molar-refractivity contribution >= 4 is 29.3 Å². The zero-order chi connectivity index (χ0) is 24.7. The lowest BCUT2D eigenvalue weighted by atomic mass is 10.0. The average Bonchev–Trinajstić information content (AvgIpc) is 2.82. The lowest BCUT2D eigenvalue weighted by molar-refractivity contribution is -0.139. The molecule has 0 spiro atoms. The van der Waals surface area contributed by atoms with Gasteiger partial charge in [0.05, 0.1) is 11.3 Å². The summed E-state index contributed by atoms with van der Waals surface area (Å²) in [5.74, 6) is -3.38. The maximum absolute atomic E-state index is 12.4. The molecule has 0 radical (unpaired) electrons. The van der Waals surface area contributed by atoms with Crippen LogP contribution in [0.25, 0.3) is 0 Å². The van der Waals surface area contributed by atoms with Gasteiger partial charge in [0, 0.05) is 5.69 Å². The third kappa shape index (κ3) is 5.99. The van der Waals surface area contributed by atoms with Gasteiger partial charge in [-0.2, -0.15) is 0 Å². The van der Waals surface area contributed by atoms with Crippen molar-refractivity contribution in [2.45, 2.75) is 31.3 Å². The number of hydrogen-bond acceptors (Lipinski definition) is 5. The first-order valence-corrected chi connectivity index (χ1v) is 10.7. The third-order valence-corrected chi connectivity index (χ3v) is 5.53. The van der Waals surface area contributed by atoms with Crippen LogP contribution in [0, 0.1) is 0 Å². The minimum Gasteiger partial charge on any atom is -0.480 e. The molecule has 0 aliphatic heterocycles. The quantitative estimate of drug-likeness (QED) is 0.339. The highest BCUT2D eigenvalue weighted by Gasteiger charge is 2.30. The van der Waals surface area contributed by atoms with Crippen LogP contribution in [0.15, 0.2) is 78.9 Å². The molecule has 0 bridgehead atoms. The van der Waals surface area contributed by atoms with E-state index in [1.807, 2.05) is 30.3 Å². The van der Waals surface area contributed by atoms with Gasteiger partial charge in [-0.1, -0.05) is 54.6 Å². The molecule has 0 saturated carbocycles. The van der Waals surface area contributed by atoms with Crippen molar-refractivity contribution in [2.24, 2.45) is 5.73 Å². The van der Waals surface area contributed by atoms with Gasteiger partial charge < -0.3 is 26.0 Å². The van der Waals surface area contributed by atoms with E-state index >= 15 is 0 Å². The van der Waals surface area contributed by atoms with E-state index in [-0.39, 0.29) is 24.1 Å². The molecule has 5 N–H and O–H groups in total. The standard InChI is InChI=1S/C26H26N2O6/c27-21(25(31)32)16-18-10-13-19(14-11-18)28(22-9-5-4-8-20(22)24(29)30)23(26(33)34)15-12-17-6-2-1-3-7-17/h1-11,13-14,21,23H,12,15-16,27H2,(H,29,30)(H,31,32)(H,33,34)/t21-,23?/m0/s1. The highest BCUT2D eigenvalue weighted by Crippen LogP contribution is 2.33. The fourth-order valence-corrected chi connectivity index (χ4v) is 3.80. The molecular formula is C26H26N2O6. The monoisotopic (exact) mass is 462 g/mol. The summed E-state index contributed by atoms with van der Waals surface area (Å²) in [4.78, 5) is 36.9. The molecule has 0 aliphatic rings. The minimum atomic E-state index is -1.17. The fraction of sp³-hybridized carbons (Fsp3) is 0.192. The average molecular weight is 463 g/mol. The first-order chi connectivity index (χ1) is 16.3. The zero-order valence-corrected chi connectivity index (χ0v) is 18.4. The normalized spacial score (nSPS) is 12.5. The Hall–Kier alpha value is -4.17. The molecule has 3 rings (SSSR count). The van der Waals surface area contributed by atoms with Gasteiger partial charge in [0.15, 0.2) is 0 Å². The molecule has 3 aromatic carbocycles. The van der Waals surface area contributed by atoms with Crippen LogP contribution in [0.4, 0.5) is 11.4 Å². The van der Waals surface area contributed by atoms with Crippen molar-refractivity contribution in [2.75, 3.05) is 4.90 Å². The molecule has 0 aromatic heterocycles. The van der Waals surface area contributed by atoms with E-state index in [4.69, 9.17) is 10.8 Å². The van der Waals surface area contributed by atoms with Crippen LogP contribution in [0.3, 0.4) is 0 Å². The Kier molecular flexibility index (Phi) is 8.00. The summed E-state index contributed by atoms with van der Waals surface area (Å²) < 4.78 is 0. The summed E-state index contributed by atoms with van der Waals surface area (Å²) in [5, 5.41) is 28.9. The van der Waals surface area contributed by atoms with Crippen molar-refractivity contribution in [3.05, 3.63) is 95.6 Å². The Bertz CT molecular complexity index is 1150. The number of aryl methyl sites for hydroxylation is 1. The number of hydrogen-bond donors (Lipinski definition) is 4. The van der Waals surface area contributed by atoms with Crippen LogP contribution in [-0.2, 0) is 22.4 Å². The maximum Gasteiger partial charge on any atom is 0.337 e. The number of nitrogens with two attached hydrogens (primary N) is 1. The Morgan fingerprint density at radius 3 is 1.97 bits per heavy atom. The number of carbonyl (C=O) groups is 3. The summed E-state index contributed by atoms with van der Waals surface area (Å²) in [7, 11) is 0. The second kappa shape index (κ2) is 11.1. The number of aromatic carboxylic acids is 1. The maximum atomic E-state index is 12.4. The van der Waals surface area contributed by atoms with Gasteiger partial charge in [0.2, 0.25) is 0 Å². The van der Waals surface area contributed by atoms with Crippen LogP contribution < -0.4 is 10.6 Å². The van der Waals surface area contributed by atoms with Gasteiger partial charge in [-0.25, -0.2) is 9.59 Å². The molecule has 3 aromatic rings. The van der Waals surface area contributed by atoms with Crippen LogP contribution in [0.1, 0.15) is 27.9 Å². The van der Waals surface area contributed by atoms with Crippen molar-refractivity contribution in [3.8, 4) is 0 Å². The first-order valence-electron chi connectivity index (χ1n) is 10.7. The predicted molar refractivity (Wildman–Crippen MR) is 127 cm³/mol. The molecule has 0 amide bonds. The number of nitrogens with zero attached hydrogens (tertiary/aromatic N) is 1. The lowest BCUT2D eigenvalue weighted by Gasteiger charge is -2.32. The highest BCUT2D eigenvalue weighted by atomic mass is 16.4. The number of rotatable bonds is 11. The van der Waals surface area contributed by atoms with Crippen LogP contribution in [0.5, 0.6) is 0 Å². The van der Waals surface area contributed by atoms with E-state index in [0.29, 0.717) is 17.7 Å². The topological polar surface area (TPSA) is 141 Å². The summed E-state index contributed by atoms with van der Waals surface area (Å²) >= 11 is 0. The molecule has 8 heteroatoms. The van der Waals surface area contributed by atoms with E-state index < -0.39 is 30.0 Å². The second-order valence-corrected chi connectivity index (χ2v) is 7.89. The number of carboxylic acids is 3. The van der Waals surface area contributed by atoms with Gasteiger partial charge in [0.25, 0.3) is 0 Å². The van der Waals surface area contributed by atoms with Crippen molar-refractivity contribution < 1.29 is 29.7 Å². The number of carboxylic acid groups (broad SMARTS) is 3. The molecular weight excluding hydrogens is 436 g/mol. The van der Waals surface area contributed by atoms with Gasteiger partial charge in [0.1, 0.15) is 12.1 Å². The second-order valence-electron chi connectivity index (χ2n) is 7.89. The van der Waals surface area contributed by atoms with E-state index in [2.05, 4.69) is 0 Å². The van der Waals surface area contributed by atoms with Gasteiger partial charge in [-0.15, -0.1) is 0 Å². The fourth-order valence-electron chi connectivity index (χ4n) is 3.80. The summed E-state index contributed by atoms with van der Waals surface area (Å²) in [5.41, 5.74) is 7.97. The largest absolute Gasteiger partial charge is 0.480 e. The Morgan fingerprint density at radius 2 is 1.38 bits per heavy atom. The molecule has 0 saturated heterocycles. The zero-order valence-electron chi connectivity index (χ0n) is 18.4. The number of aliphatic carboxylic acids is 2. The van der Waals surface area contributed by atoms with Gasteiger partial charge >= 0.3 is 17.9 Å². The highest BCUT2D eigenvalue weighted by molar-refractivity contribution is 5.97. The van der Waals surface area contributed by atoms with Gasteiger partial charge in [-0.05, 0) is 54.7 Å². The molecule has 2 atom stereocenters. The molecule has 0 heterocycles. The lowest BCUT2D eigenvalue weighted by Crippen LogP contribution is -2.39. The van der Waals surface area contributed by atoms with Crippen LogP contribution in [-0.4, -0.2) is 45.3 Å². The minimum absolute atomic E-state index is 0.0227. The van der Waals surface area contributed by atoms with E-state index in [0.717, 1.165) is 5.56 Å². The number of benzene rings is 3. The van der Waals surface area contributed by atoms with Gasteiger partial charge in [-0.3, -0.25) is 4.79 Å². The molecule has 176 valence electrons. The SMILES string of the molecule is N[C@@H](Cc1ccc(N(c2ccccc2C(=O)O)C(CCc2ccccc2)C(=O)O)cc1)C(=O)O. The summed E-state index contributed by atoms with van der Waals surface area (Å²) in [6.07, 6.45) is 0.825. The van der Waals surface area contributed by atoms with Crippen molar-refractivity contribution in [1.29, 1.82) is 0 Å². The number of para-hydroxylation sites is 1. The van der Waals surface area contributed by atoms with Crippen LogP contribution in [0.2, 0.25) is 0 Å². The summed E-state index contributed by atoms with van der Waals surface area (Å²) in [6.45, 7) is 0.